The zero-order valence-electron chi connectivity index (χ0n) is 13.8. The third-order valence-electron chi connectivity index (χ3n) is 4.15. The van der Waals surface area contributed by atoms with E-state index in [9.17, 15) is 4.79 Å². The van der Waals surface area contributed by atoms with Gasteiger partial charge in [0.15, 0.2) is 5.13 Å². The highest BCUT2D eigenvalue weighted by molar-refractivity contribution is 7.13. The molecule has 1 N–H and O–H groups in total. The maximum absolute atomic E-state index is 12.2. The van der Waals surface area contributed by atoms with Crippen molar-refractivity contribution in [3.8, 4) is 0 Å². The molecule has 2 aromatic rings. The van der Waals surface area contributed by atoms with Gasteiger partial charge in [0.05, 0.1) is 13.0 Å². The molecule has 7 heteroatoms. The first-order valence-corrected chi connectivity index (χ1v) is 9.04. The minimum absolute atomic E-state index is 0.165. The number of methoxy groups -OCH3 is 1. The van der Waals surface area contributed by atoms with Crippen LogP contribution in [0, 0.1) is 0 Å². The van der Waals surface area contributed by atoms with E-state index >= 15 is 0 Å². The minimum Gasteiger partial charge on any atom is -0.384 e. The molecule has 1 amide bonds. The van der Waals surface area contributed by atoms with Gasteiger partial charge in [-0.25, -0.2) is 9.97 Å². The Kier molecular flexibility index (Phi) is 5.77. The lowest BCUT2D eigenvalue weighted by atomic mass is 9.94. The average molecular weight is 346 g/mol. The Morgan fingerprint density at radius 2 is 2.42 bits per heavy atom. The molecule has 2 aromatic heterocycles. The van der Waals surface area contributed by atoms with Crippen molar-refractivity contribution in [2.24, 2.45) is 0 Å². The van der Waals surface area contributed by atoms with Crippen LogP contribution in [0.1, 0.15) is 30.9 Å². The number of ether oxygens (including phenoxy) is 1. The van der Waals surface area contributed by atoms with Gasteiger partial charge in [0, 0.05) is 43.4 Å². The predicted molar refractivity (Wildman–Crippen MR) is 94.7 cm³/mol. The third kappa shape index (κ3) is 4.30. The van der Waals surface area contributed by atoms with E-state index < -0.39 is 0 Å². The monoisotopic (exact) mass is 346 g/mol. The second kappa shape index (κ2) is 8.21. The van der Waals surface area contributed by atoms with Gasteiger partial charge in [0.25, 0.3) is 0 Å². The average Bonchev–Trinajstić information content (AvgIpc) is 3.13. The maximum Gasteiger partial charge on any atom is 0.224 e. The van der Waals surface area contributed by atoms with Crippen LogP contribution in [0.15, 0.2) is 29.8 Å². The number of anilines is 2. The van der Waals surface area contributed by atoms with Crippen LogP contribution >= 0.6 is 11.3 Å². The summed E-state index contributed by atoms with van der Waals surface area (Å²) in [5.41, 5.74) is 1.03. The Morgan fingerprint density at radius 3 is 3.21 bits per heavy atom. The standard InChI is InChI=1S/C17H22N4O2S/c1-23-10-7-16(22)21-9-3-4-13(12-21)14-5-2-6-15(19-14)20-17-18-8-11-24-17/h2,5-6,8,11,13H,3-4,7,9-10,12H2,1H3,(H,18,19,20). The molecule has 0 aromatic carbocycles. The van der Waals surface area contributed by atoms with Crippen LogP contribution in [0.4, 0.5) is 10.9 Å². The van der Waals surface area contributed by atoms with E-state index in [1.165, 1.54) is 0 Å². The topological polar surface area (TPSA) is 67.3 Å². The summed E-state index contributed by atoms with van der Waals surface area (Å²) in [6, 6.07) is 5.99. The van der Waals surface area contributed by atoms with Crippen molar-refractivity contribution in [2.45, 2.75) is 25.2 Å². The number of aromatic nitrogens is 2. The third-order valence-corrected chi connectivity index (χ3v) is 4.84. The fourth-order valence-electron chi connectivity index (χ4n) is 2.94. The number of nitrogens with one attached hydrogen (secondary N) is 1. The number of nitrogens with zero attached hydrogens (tertiary/aromatic N) is 3. The van der Waals surface area contributed by atoms with Crippen molar-refractivity contribution in [1.29, 1.82) is 0 Å². The first-order valence-electron chi connectivity index (χ1n) is 8.16. The molecule has 1 aliphatic rings. The van der Waals surface area contributed by atoms with E-state index in [0.29, 0.717) is 13.0 Å². The molecular weight excluding hydrogens is 324 g/mol. The highest BCUT2D eigenvalue weighted by Crippen LogP contribution is 2.27. The van der Waals surface area contributed by atoms with Gasteiger partial charge >= 0.3 is 0 Å². The van der Waals surface area contributed by atoms with E-state index in [-0.39, 0.29) is 11.8 Å². The molecule has 0 spiro atoms. The van der Waals surface area contributed by atoms with Crippen molar-refractivity contribution < 1.29 is 9.53 Å². The number of amides is 1. The van der Waals surface area contributed by atoms with Crippen molar-refractivity contribution in [2.75, 3.05) is 32.1 Å². The van der Waals surface area contributed by atoms with Crippen LogP contribution in [0.25, 0.3) is 0 Å². The largest absolute Gasteiger partial charge is 0.384 e. The Balaban J connectivity index is 1.66. The summed E-state index contributed by atoms with van der Waals surface area (Å²) in [4.78, 5) is 23.1. The molecule has 0 aliphatic carbocycles. The molecule has 128 valence electrons. The van der Waals surface area contributed by atoms with Crippen LogP contribution in [0.5, 0.6) is 0 Å². The lowest BCUT2D eigenvalue weighted by Gasteiger charge is -2.32. The lowest BCUT2D eigenvalue weighted by molar-refractivity contribution is -0.133. The van der Waals surface area contributed by atoms with Crippen LogP contribution in [-0.2, 0) is 9.53 Å². The second-order valence-corrected chi connectivity index (χ2v) is 6.73. The number of thiazole rings is 1. The zero-order chi connectivity index (χ0) is 16.8. The number of carbonyl (C=O) groups excluding carboxylic acids is 1. The molecule has 1 unspecified atom stereocenters. The van der Waals surface area contributed by atoms with Crippen molar-refractivity contribution in [3.05, 3.63) is 35.5 Å². The Labute approximate surface area is 145 Å². The molecule has 1 fully saturated rings. The first kappa shape index (κ1) is 16.9. The fourth-order valence-corrected chi connectivity index (χ4v) is 3.47. The van der Waals surface area contributed by atoms with E-state index in [0.717, 1.165) is 42.6 Å². The van der Waals surface area contributed by atoms with Crippen LogP contribution in [-0.4, -0.2) is 47.6 Å². The molecule has 1 saturated heterocycles. The smallest absolute Gasteiger partial charge is 0.224 e. The number of pyridine rings is 1. The fraction of sp³-hybridized carbons (Fsp3) is 0.471. The molecule has 0 radical (unpaired) electrons. The molecule has 1 atom stereocenters. The Bertz CT molecular complexity index is 662. The Morgan fingerprint density at radius 1 is 1.50 bits per heavy atom. The van der Waals surface area contributed by atoms with Crippen molar-refractivity contribution in [1.82, 2.24) is 14.9 Å². The summed E-state index contributed by atoms with van der Waals surface area (Å²) in [6.07, 6.45) is 4.28. The molecule has 1 aliphatic heterocycles. The molecular formula is C17H22N4O2S. The highest BCUT2D eigenvalue weighted by atomic mass is 32.1. The molecule has 3 heterocycles. The van der Waals surface area contributed by atoms with E-state index in [1.54, 1.807) is 24.6 Å². The SMILES string of the molecule is COCCC(=O)N1CCCC(c2cccc(Nc3nccs3)n2)C1. The summed E-state index contributed by atoms with van der Waals surface area (Å²) in [5, 5.41) is 5.98. The molecule has 0 bridgehead atoms. The Hall–Kier alpha value is -1.99. The van der Waals surface area contributed by atoms with Gasteiger partial charge in [-0.2, -0.15) is 0 Å². The van der Waals surface area contributed by atoms with Crippen LogP contribution < -0.4 is 5.32 Å². The van der Waals surface area contributed by atoms with E-state index in [2.05, 4.69) is 10.3 Å². The zero-order valence-corrected chi connectivity index (χ0v) is 14.6. The molecule has 6 nitrogen and oxygen atoms in total. The number of hydrogen-bond acceptors (Lipinski definition) is 6. The van der Waals surface area contributed by atoms with E-state index in [1.807, 2.05) is 28.5 Å². The number of piperidine rings is 1. The summed E-state index contributed by atoms with van der Waals surface area (Å²) in [7, 11) is 1.62. The van der Waals surface area contributed by atoms with Crippen molar-refractivity contribution >= 4 is 28.2 Å². The number of rotatable bonds is 6. The lowest BCUT2D eigenvalue weighted by Crippen LogP contribution is -2.39. The normalized spacial score (nSPS) is 17.7. The van der Waals surface area contributed by atoms with Gasteiger partial charge in [0.2, 0.25) is 5.91 Å². The molecule has 3 rings (SSSR count). The summed E-state index contributed by atoms with van der Waals surface area (Å²) in [5.74, 6) is 1.24. The minimum atomic E-state index is 0.165. The van der Waals surface area contributed by atoms with Gasteiger partial charge in [-0.1, -0.05) is 6.07 Å². The first-order chi connectivity index (χ1) is 11.8. The summed E-state index contributed by atoms with van der Waals surface area (Å²) >= 11 is 1.54. The van der Waals surface area contributed by atoms with Gasteiger partial charge in [-0.05, 0) is 25.0 Å². The number of carbonyl (C=O) groups is 1. The van der Waals surface area contributed by atoms with Crippen LogP contribution in [0.3, 0.4) is 0 Å². The van der Waals surface area contributed by atoms with Gasteiger partial charge in [0.1, 0.15) is 5.82 Å². The van der Waals surface area contributed by atoms with Crippen molar-refractivity contribution in [3.63, 3.8) is 0 Å². The second-order valence-electron chi connectivity index (χ2n) is 5.83. The van der Waals surface area contributed by atoms with Gasteiger partial charge in [-0.3, -0.25) is 4.79 Å². The highest BCUT2D eigenvalue weighted by Gasteiger charge is 2.25. The predicted octanol–water partition coefficient (Wildman–Crippen LogP) is 3.02. The van der Waals surface area contributed by atoms with Gasteiger partial charge in [-0.15, -0.1) is 11.3 Å². The molecule has 24 heavy (non-hydrogen) atoms. The van der Waals surface area contributed by atoms with Crippen LogP contribution in [0.2, 0.25) is 0 Å². The quantitative estimate of drug-likeness (QED) is 0.871. The van der Waals surface area contributed by atoms with E-state index in [4.69, 9.17) is 9.72 Å². The number of likely N-dealkylation sites (tertiary alicyclic amines) is 1. The maximum atomic E-state index is 12.2. The van der Waals surface area contributed by atoms with Gasteiger partial charge < -0.3 is 15.0 Å². The summed E-state index contributed by atoms with van der Waals surface area (Å²) < 4.78 is 5.01. The number of hydrogen-bond donors (Lipinski definition) is 1. The molecule has 0 saturated carbocycles. The summed E-state index contributed by atoms with van der Waals surface area (Å²) in [6.45, 7) is 2.04.